The molecule has 10 heteroatoms. The van der Waals surface area contributed by atoms with Crippen LogP contribution < -0.4 is 28.7 Å². The summed E-state index contributed by atoms with van der Waals surface area (Å²) in [4.78, 5) is 72.3. The number of ether oxygens (including phenoxy) is 4. The van der Waals surface area contributed by atoms with E-state index < -0.39 is 23.6 Å². The second-order valence-corrected chi connectivity index (χ2v) is 33.3. The lowest BCUT2D eigenvalue weighted by Gasteiger charge is -2.35. The van der Waals surface area contributed by atoms with Crippen molar-refractivity contribution in [3.8, 4) is 90.5 Å². The number of imide groups is 2. The van der Waals surface area contributed by atoms with Crippen LogP contribution in [0.4, 0.5) is 11.4 Å². The van der Waals surface area contributed by atoms with Gasteiger partial charge in [0.25, 0.3) is 23.6 Å². The molecular formula is C112H82N2O8. The average molecular weight is 1580 g/mol. The van der Waals surface area contributed by atoms with Gasteiger partial charge in [-0.1, -0.05) is 334 Å². The van der Waals surface area contributed by atoms with Gasteiger partial charge in [-0.2, -0.15) is 0 Å². The third-order valence-corrected chi connectivity index (χ3v) is 24.8. The number of hydrogen-bond acceptors (Lipinski definition) is 8. The van der Waals surface area contributed by atoms with Crippen LogP contribution in [0, 0.1) is 0 Å². The zero-order valence-corrected chi connectivity index (χ0v) is 68.6. The van der Waals surface area contributed by atoms with Crippen molar-refractivity contribution in [2.75, 3.05) is 9.80 Å². The molecule has 0 atom stereocenters. The van der Waals surface area contributed by atoms with Crippen LogP contribution in [0.1, 0.15) is 143 Å². The summed E-state index contributed by atoms with van der Waals surface area (Å²) in [7, 11) is 0. The van der Waals surface area contributed by atoms with Gasteiger partial charge in [0.15, 0.2) is 0 Å². The number of anilines is 2. The second kappa shape index (κ2) is 29.5. The van der Waals surface area contributed by atoms with Gasteiger partial charge in [0.05, 0.1) is 33.6 Å². The lowest BCUT2D eigenvalue weighted by Crippen LogP contribution is -2.42. The zero-order chi connectivity index (χ0) is 83.0. The number of carbonyl (C=O) groups excluding carboxylic acids is 4. The van der Waals surface area contributed by atoms with Crippen molar-refractivity contribution in [2.24, 2.45) is 0 Å². The van der Waals surface area contributed by atoms with Gasteiger partial charge >= 0.3 is 0 Å². The number of rotatable bonds is 18. The van der Waals surface area contributed by atoms with E-state index in [4.69, 9.17) is 18.9 Å². The molecule has 0 spiro atoms. The van der Waals surface area contributed by atoms with Crippen molar-refractivity contribution >= 4 is 121 Å². The van der Waals surface area contributed by atoms with E-state index in [-0.39, 0.29) is 68.9 Å². The van der Waals surface area contributed by atoms with Gasteiger partial charge in [0.2, 0.25) is 0 Å². The quantitative estimate of drug-likeness (QED) is 0.0474. The Labute approximate surface area is 706 Å². The monoisotopic (exact) mass is 1580 g/mol. The minimum atomic E-state index is -0.576. The smallest absolute Gasteiger partial charge is 0.266 e. The Morgan fingerprint density at radius 1 is 0.189 bits per heavy atom. The molecular weight excluding hydrogens is 1500 g/mol. The first-order valence-corrected chi connectivity index (χ1v) is 42.0. The summed E-state index contributed by atoms with van der Waals surface area (Å²) < 4.78 is 32.1. The van der Waals surface area contributed by atoms with Crippen LogP contribution in [0.2, 0.25) is 0 Å². The maximum atomic E-state index is 17.4. The van der Waals surface area contributed by atoms with Crippen molar-refractivity contribution in [1.29, 1.82) is 0 Å². The molecule has 2 aliphatic rings. The van der Waals surface area contributed by atoms with Gasteiger partial charge in [-0.15, -0.1) is 0 Å². The van der Waals surface area contributed by atoms with Crippen molar-refractivity contribution in [3.05, 3.63) is 372 Å². The Morgan fingerprint density at radius 2 is 0.385 bits per heavy atom. The Bertz CT molecular complexity index is 6760. The van der Waals surface area contributed by atoms with Crippen LogP contribution >= 0.6 is 0 Å². The molecule has 0 aromatic heterocycles. The van der Waals surface area contributed by atoms with Crippen LogP contribution in [0.15, 0.2) is 328 Å². The standard InChI is InChI=1S/C112H82N2O8/c1-63(2)71-47-29-48-72(64(3)4)107(71)113-109(115)87-59-95(119-91-55-21-17-43-83(91)79-51-25-35-67-31-9-13-39-75(67)79)101-103-97(121-93-57-23-19-45-85(93)81-53-27-37-69-33-11-15-41-77(69)81)61-89-100-90(112(118)114(111(89)117)108-73(65(5)6)49-30-50-74(108)66(7)8)62-98(122-94-58-24-20-46-86(94)82-54-28-38-70-34-12-16-42-78(70)82)104(106(100)103)102-96(60-88(110(113)116)99(87)105(101)102)120-92-56-22-18-44-84(92)80-52-26-36-68-32-10-14-40-76(68)80/h9-66H,1-8H3. The van der Waals surface area contributed by atoms with Crippen molar-refractivity contribution < 1.29 is 38.1 Å². The molecule has 21 rings (SSSR count). The Morgan fingerprint density at radius 3 is 0.623 bits per heavy atom. The largest absolute Gasteiger partial charge is 0.456 e. The molecule has 0 aliphatic carbocycles. The highest BCUT2D eigenvalue weighted by Crippen LogP contribution is 2.61. The highest BCUT2D eigenvalue weighted by Gasteiger charge is 2.45. The summed E-state index contributed by atoms with van der Waals surface area (Å²) in [6.07, 6.45) is 0. The summed E-state index contributed by atoms with van der Waals surface area (Å²) in [5.41, 5.74) is 11.5. The molecule has 0 fully saturated rings. The molecule has 122 heavy (non-hydrogen) atoms. The summed E-state index contributed by atoms with van der Waals surface area (Å²) in [5, 5.41) is 10.9. The number of hydrogen-bond donors (Lipinski definition) is 0. The van der Waals surface area contributed by atoms with E-state index in [1.165, 1.54) is 9.80 Å². The molecule has 0 radical (unpaired) electrons. The maximum absolute atomic E-state index is 17.4. The second-order valence-electron chi connectivity index (χ2n) is 33.3. The van der Waals surface area contributed by atoms with Crippen molar-refractivity contribution in [1.82, 2.24) is 0 Å². The molecule has 0 unspecified atom stereocenters. The topological polar surface area (TPSA) is 112 Å². The molecule has 0 N–H and O–H groups in total. The molecule has 19 aromatic carbocycles. The predicted molar refractivity (Wildman–Crippen MR) is 497 cm³/mol. The van der Waals surface area contributed by atoms with E-state index in [2.05, 4.69) is 152 Å². The molecule has 19 aromatic rings. The number of nitrogens with zero attached hydrogens (tertiary/aromatic N) is 2. The number of para-hydroxylation sites is 6. The van der Waals surface area contributed by atoms with E-state index >= 15 is 19.2 Å². The fourth-order valence-corrected chi connectivity index (χ4v) is 19.2. The minimum absolute atomic E-state index is 0.144. The van der Waals surface area contributed by atoms with Gasteiger partial charge in [-0.25, -0.2) is 9.80 Å². The maximum Gasteiger partial charge on any atom is 0.266 e. The van der Waals surface area contributed by atoms with Crippen LogP contribution in [-0.4, -0.2) is 23.6 Å². The van der Waals surface area contributed by atoms with E-state index in [0.717, 1.165) is 110 Å². The average Bonchev–Trinajstić information content (AvgIpc) is 0.667. The normalized spacial score (nSPS) is 12.9. The first-order valence-electron chi connectivity index (χ1n) is 42.0. The first-order chi connectivity index (χ1) is 59.6. The van der Waals surface area contributed by atoms with E-state index in [9.17, 15) is 0 Å². The van der Waals surface area contributed by atoms with Gasteiger partial charge in [0.1, 0.15) is 46.0 Å². The van der Waals surface area contributed by atoms with Gasteiger partial charge < -0.3 is 18.9 Å². The summed E-state index contributed by atoms with van der Waals surface area (Å²) in [5.74, 6) is -0.379. The van der Waals surface area contributed by atoms with Gasteiger partial charge in [-0.05, 0) is 160 Å². The Balaban J connectivity index is 0.982. The molecule has 2 heterocycles. The molecule has 0 saturated heterocycles. The fourth-order valence-electron chi connectivity index (χ4n) is 19.2. The van der Waals surface area contributed by atoms with Gasteiger partial charge in [0, 0.05) is 65.3 Å². The molecule has 588 valence electrons. The Kier molecular flexibility index (Phi) is 18.0. The van der Waals surface area contributed by atoms with E-state index in [0.29, 0.717) is 77.5 Å². The Hall–Kier alpha value is -15.0. The summed E-state index contributed by atoms with van der Waals surface area (Å²) in [6, 6.07) is 109. The van der Waals surface area contributed by atoms with Crippen molar-refractivity contribution in [2.45, 2.75) is 79.1 Å². The minimum Gasteiger partial charge on any atom is -0.456 e. The molecule has 0 saturated carbocycles. The molecule has 4 amide bonds. The summed E-state index contributed by atoms with van der Waals surface area (Å²) in [6.45, 7) is 16.7. The van der Waals surface area contributed by atoms with Crippen molar-refractivity contribution in [3.63, 3.8) is 0 Å². The van der Waals surface area contributed by atoms with E-state index in [1.807, 2.05) is 206 Å². The third kappa shape index (κ3) is 11.9. The zero-order valence-electron chi connectivity index (χ0n) is 68.6. The number of benzene rings is 19. The lowest BCUT2D eigenvalue weighted by molar-refractivity contribution is 0.0877. The van der Waals surface area contributed by atoms with Crippen LogP contribution in [0.3, 0.4) is 0 Å². The highest BCUT2D eigenvalue weighted by atomic mass is 16.5. The van der Waals surface area contributed by atoms with Crippen LogP contribution in [-0.2, 0) is 0 Å². The molecule has 0 bridgehead atoms. The van der Waals surface area contributed by atoms with Crippen LogP contribution in [0.5, 0.6) is 46.0 Å². The first kappa shape index (κ1) is 74.5. The number of carbonyl (C=O) groups is 4. The molecule has 2 aliphatic heterocycles. The lowest BCUT2D eigenvalue weighted by atomic mass is 9.80. The summed E-state index contributed by atoms with van der Waals surface area (Å²) >= 11 is 0. The van der Waals surface area contributed by atoms with E-state index in [1.54, 1.807) is 24.3 Å². The SMILES string of the molecule is CC(C)c1cccc(C(C)C)c1N1C(=O)c2cc(Oc3ccccc3-c3cccc4ccccc34)c3c4c(Oc5ccccc5-c5cccc6ccccc56)cc5c6c(cc(Oc7ccccc7-c7cccc8ccccc78)c(c7c(Oc8ccccc8-c8cccc9ccccc89)cc(c2c37)C1=O)c64)C(=O)N(c1c(C(C)C)cccc1C(C)C)C5=O. The predicted octanol–water partition coefficient (Wildman–Crippen LogP) is 30.3. The highest BCUT2D eigenvalue weighted by molar-refractivity contribution is 6.48. The van der Waals surface area contributed by atoms with Crippen LogP contribution in [0.25, 0.3) is 131 Å². The van der Waals surface area contributed by atoms with Gasteiger partial charge in [-0.3, -0.25) is 19.2 Å². The number of fused-ring (bicyclic) bond motifs is 6. The number of amides is 4. The third-order valence-electron chi connectivity index (χ3n) is 24.8. The molecule has 10 nitrogen and oxygen atoms in total. The fraction of sp³-hybridized carbons (Fsp3) is 0.107.